The van der Waals surface area contributed by atoms with Crippen LogP contribution in [0.1, 0.15) is 52.4 Å². The lowest BCUT2D eigenvalue weighted by molar-refractivity contribution is -0.121. The molecule has 0 radical (unpaired) electrons. The van der Waals surface area contributed by atoms with Gasteiger partial charge in [-0.3, -0.25) is 19.3 Å². The van der Waals surface area contributed by atoms with Crippen molar-refractivity contribution in [2.45, 2.75) is 44.2 Å². The molecule has 2 N–H and O–H groups in total. The maximum atomic E-state index is 15.6. The third kappa shape index (κ3) is 4.94. The zero-order valence-corrected chi connectivity index (χ0v) is 26.4. The van der Waals surface area contributed by atoms with E-state index < -0.39 is 17.3 Å². The summed E-state index contributed by atoms with van der Waals surface area (Å²) < 4.78 is 22.5. The van der Waals surface area contributed by atoms with E-state index >= 15 is 4.39 Å². The minimum absolute atomic E-state index is 0.0636. The number of rotatable bonds is 6. The molecule has 4 aromatic rings. The number of aromatic nitrogens is 3. The van der Waals surface area contributed by atoms with E-state index in [-0.39, 0.29) is 33.6 Å². The second-order valence-electron chi connectivity index (χ2n) is 12.3. The standard InChI is InChI=1S/C34H32ClFN6O4/c1-18-20(5-4-6-24(18)38-31(44)22-12-14-37-41(2)33(22)45)29-23(36)9-8-21(30(29)35)25-15-19-7-10-26(28(19)32(39-25)46-3)42-16-34(17-42)13-11-27(43)40-34/h4-6,8-9,12,14-15,26H,7,10-11,13,16-17H2,1-3H3,(H,38,44)(H,40,43). The van der Waals surface area contributed by atoms with Crippen molar-refractivity contribution >= 4 is 29.1 Å². The first-order valence-electron chi connectivity index (χ1n) is 15.1. The maximum Gasteiger partial charge on any atom is 0.279 e. The highest BCUT2D eigenvalue weighted by Crippen LogP contribution is 2.48. The van der Waals surface area contributed by atoms with Crippen LogP contribution in [0.4, 0.5) is 10.1 Å². The highest BCUT2D eigenvalue weighted by atomic mass is 35.5. The van der Waals surface area contributed by atoms with Crippen LogP contribution in [-0.4, -0.2) is 57.2 Å². The van der Waals surface area contributed by atoms with Gasteiger partial charge < -0.3 is 15.4 Å². The number of benzene rings is 2. The van der Waals surface area contributed by atoms with Crippen molar-refractivity contribution in [1.29, 1.82) is 0 Å². The topological polar surface area (TPSA) is 118 Å². The predicted molar refractivity (Wildman–Crippen MR) is 172 cm³/mol. The van der Waals surface area contributed by atoms with Gasteiger partial charge in [-0.2, -0.15) is 5.10 Å². The average Bonchev–Trinajstić information content (AvgIpc) is 3.62. The number of carbonyl (C=O) groups is 2. The molecule has 1 aliphatic carbocycles. The van der Waals surface area contributed by atoms with Gasteiger partial charge in [-0.15, -0.1) is 0 Å². The summed E-state index contributed by atoms with van der Waals surface area (Å²) in [4.78, 5) is 44.5. The molecule has 2 fully saturated rings. The third-order valence-corrected chi connectivity index (χ3v) is 9.87. The minimum atomic E-state index is -0.599. The molecular weight excluding hydrogens is 611 g/mol. The second-order valence-corrected chi connectivity index (χ2v) is 12.6. The van der Waals surface area contributed by atoms with Crippen LogP contribution in [0, 0.1) is 12.7 Å². The number of hydrogen-bond acceptors (Lipinski definition) is 7. The first kappa shape index (κ1) is 30.1. The Morgan fingerprint density at radius 2 is 1.96 bits per heavy atom. The number of aryl methyl sites for hydroxylation is 2. The molecule has 0 bridgehead atoms. The van der Waals surface area contributed by atoms with Crippen LogP contribution < -0.4 is 20.9 Å². The summed E-state index contributed by atoms with van der Waals surface area (Å²) in [5.74, 6) is -0.494. The van der Waals surface area contributed by atoms with Crippen LogP contribution >= 0.6 is 11.6 Å². The molecule has 3 aliphatic rings. The smallest absolute Gasteiger partial charge is 0.279 e. The normalized spacial score (nSPS) is 18.3. The molecule has 2 aromatic heterocycles. The molecule has 1 unspecified atom stereocenters. The number of pyridine rings is 1. The summed E-state index contributed by atoms with van der Waals surface area (Å²) in [6.45, 7) is 3.36. The summed E-state index contributed by atoms with van der Waals surface area (Å²) >= 11 is 6.98. The lowest BCUT2D eigenvalue weighted by atomic mass is 9.86. The van der Waals surface area contributed by atoms with Gasteiger partial charge in [0.2, 0.25) is 11.8 Å². The predicted octanol–water partition coefficient (Wildman–Crippen LogP) is 4.82. The summed E-state index contributed by atoms with van der Waals surface area (Å²) in [7, 11) is 3.06. The number of fused-ring (bicyclic) bond motifs is 1. The van der Waals surface area contributed by atoms with Gasteiger partial charge in [-0.1, -0.05) is 23.7 Å². The van der Waals surface area contributed by atoms with Gasteiger partial charge in [0, 0.05) is 61.2 Å². The Bertz CT molecular complexity index is 1990. The molecule has 1 spiro atoms. The largest absolute Gasteiger partial charge is 0.481 e. The Labute approximate surface area is 269 Å². The van der Waals surface area contributed by atoms with E-state index in [1.807, 2.05) is 6.07 Å². The highest BCUT2D eigenvalue weighted by Gasteiger charge is 2.51. The van der Waals surface area contributed by atoms with Crippen molar-refractivity contribution in [3.05, 3.63) is 92.1 Å². The highest BCUT2D eigenvalue weighted by molar-refractivity contribution is 6.36. The number of ether oxygens (including phenoxy) is 1. The number of likely N-dealkylation sites (tertiary alicyclic amines) is 1. The first-order valence-corrected chi connectivity index (χ1v) is 15.5. The molecule has 1 atom stereocenters. The summed E-state index contributed by atoms with van der Waals surface area (Å²) in [6.07, 6.45) is 4.55. The van der Waals surface area contributed by atoms with Crippen molar-refractivity contribution in [3.8, 4) is 28.3 Å². The molecule has 4 heterocycles. The number of nitrogens with one attached hydrogen (secondary N) is 2. The van der Waals surface area contributed by atoms with Gasteiger partial charge in [0.15, 0.2) is 0 Å². The Balaban J connectivity index is 1.21. The zero-order valence-electron chi connectivity index (χ0n) is 25.6. The second kappa shape index (κ2) is 11.3. The molecule has 12 heteroatoms. The fourth-order valence-electron chi connectivity index (χ4n) is 7.11. The minimum Gasteiger partial charge on any atom is -0.481 e. The van der Waals surface area contributed by atoms with Gasteiger partial charge in [0.1, 0.15) is 11.4 Å². The number of anilines is 1. The molecule has 7 rings (SSSR count). The molecule has 10 nitrogen and oxygen atoms in total. The van der Waals surface area contributed by atoms with Gasteiger partial charge in [0.25, 0.3) is 11.5 Å². The molecule has 0 saturated carbocycles. The lowest BCUT2D eigenvalue weighted by Gasteiger charge is -2.50. The third-order valence-electron chi connectivity index (χ3n) is 9.48. The van der Waals surface area contributed by atoms with Gasteiger partial charge in [-0.25, -0.2) is 14.1 Å². The summed E-state index contributed by atoms with van der Waals surface area (Å²) in [5, 5.41) is 9.96. The van der Waals surface area contributed by atoms with E-state index in [1.54, 1.807) is 38.3 Å². The van der Waals surface area contributed by atoms with E-state index in [1.165, 1.54) is 25.4 Å². The molecule has 2 aromatic carbocycles. The van der Waals surface area contributed by atoms with Gasteiger partial charge >= 0.3 is 0 Å². The molecular formula is C34H32ClFN6O4. The van der Waals surface area contributed by atoms with E-state index in [0.29, 0.717) is 40.4 Å². The Morgan fingerprint density at radius 1 is 1.15 bits per heavy atom. The van der Waals surface area contributed by atoms with Crippen molar-refractivity contribution in [2.75, 3.05) is 25.5 Å². The van der Waals surface area contributed by atoms with Crippen LogP contribution in [-0.2, 0) is 18.3 Å². The van der Waals surface area contributed by atoms with Crippen molar-refractivity contribution in [2.24, 2.45) is 7.05 Å². The number of halogens is 2. The molecule has 236 valence electrons. The van der Waals surface area contributed by atoms with E-state index in [4.69, 9.17) is 21.3 Å². The lowest BCUT2D eigenvalue weighted by Crippen LogP contribution is -2.67. The van der Waals surface area contributed by atoms with Crippen LogP contribution in [0.15, 0.2) is 53.5 Å². The monoisotopic (exact) mass is 642 g/mol. The van der Waals surface area contributed by atoms with E-state index in [2.05, 4.69) is 20.6 Å². The molecule has 2 amide bonds. The Hall–Kier alpha value is -4.61. The maximum absolute atomic E-state index is 15.6. The quantitative estimate of drug-likeness (QED) is 0.310. The number of amides is 2. The van der Waals surface area contributed by atoms with Crippen LogP contribution in [0.25, 0.3) is 22.4 Å². The SMILES string of the molecule is COc1nc(-c2ccc(F)c(-c3cccc(NC(=O)c4ccnn(C)c4=O)c3C)c2Cl)cc2c1C(N1CC3(CCC(=O)N3)C1)CC2. The van der Waals surface area contributed by atoms with E-state index in [9.17, 15) is 14.4 Å². The summed E-state index contributed by atoms with van der Waals surface area (Å²) in [6, 6.07) is 11.6. The summed E-state index contributed by atoms with van der Waals surface area (Å²) in [5.41, 5.74) is 4.22. The van der Waals surface area contributed by atoms with Crippen LogP contribution in [0.2, 0.25) is 5.02 Å². The van der Waals surface area contributed by atoms with Crippen molar-refractivity contribution in [3.63, 3.8) is 0 Å². The molecule has 2 saturated heterocycles. The van der Waals surface area contributed by atoms with Crippen LogP contribution in [0.3, 0.4) is 0 Å². The molecule has 2 aliphatic heterocycles. The molecule has 46 heavy (non-hydrogen) atoms. The van der Waals surface area contributed by atoms with Gasteiger partial charge in [-0.05, 0) is 73.2 Å². The fourth-order valence-corrected chi connectivity index (χ4v) is 7.46. The first-order chi connectivity index (χ1) is 22.1. The van der Waals surface area contributed by atoms with Gasteiger partial charge in [0.05, 0.1) is 23.4 Å². The Morgan fingerprint density at radius 3 is 2.70 bits per heavy atom. The van der Waals surface area contributed by atoms with Crippen molar-refractivity contribution < 1.29 is 18.7 Å². The van der Waals surface area contributed by atoms with Crippen LogP contribution in [0.5, 0.6) is 5.88 Å². The van der Waals surface area contributed by atoms with Crippen molar-refractivity contribution in [1.82, 2.24) is 25.0 Å². The number of methoxy groups -OCH3 is 1. The fraction of sp³-hybridized carbons (Fsp3) is 0.324. The number of carbonyl (C=O) groups excluding carboxylic acids is 2. The Kier molecular flexibility index (Phi) is 7.40. The zero-order chi connectivity index (χ0) is 32.3. The number of hydrogen-bond donors (Lipinski definition) is 2. The number of nitrogens with zero attached hydrogens (tertiary/aromatic N) is 4. The average molecular weight is 643 g/mol. The van der Waals surface area contributed by atoms with E-state index in [0.717, 1.165) is 48.2 Å².